The van der Waals surface area contributed by atoms with Gasteiger partial charge in [0.2, 0.25) is 0 Å². The highest BCUT2D eigenvalue weighted by atomic mass is 16.5. The summed E-state index contributed by atoms with van der Waals surface area (Å²) in [6, 6.07) is 10.9. The second kappa shape index (κ2) is 5.96. The first-order valence-corrected chi connectivity index (χ1v) is 7.64. The maximum Gasteiger partial charge on any atom is 0.161 e. The molecule has 0 saturated carbocycles. The fourth-order valence-corrected chi connectivity index (χ4v) is 3.03. The van der Waals surface area contributed by atoms with Crippen LogP contribution < -0.4 is 9.47 Å². The Morgan fingerprint density at radius 3 is 2.12 bits per heavy atom. The third-order valence-electron chi connectivity index (χ3n) is 4.43. The topological polar surface area (TPSA) is 58.9 Å². The Kier molecular flexibility index (Phi) is 3.97. The number of hydrogen-bond acceptors (Lipinski definition) is 4. The summed E-state index contributed by atoms with van der Waals surface area (Å²) in [4.78, 5) is 0. The van der Waals surface area contributed by atoms with Crippen LogP contribution in [0.5, 0.6) is 23.0 Å². The standard InChI is InChI=1S/C20H20O4/c1-11-7-14-9-19(24-4)17(22)10-15(14)20(12(11)2)13-5-6-16(21)18(8-13)23-3/h5-10,21-22H,1-4H3. The monoisotopic (exact) mass is 324 g/mol. The van der Waals surface area contributed by atoms with E-state index in [-0.39, 0.29) is 11.5 Å². The van der Waals surface area contributed by atoms with Crippen LogP contribution >= 0.6 is 0 Å². The lowest BCUT2D eigenvalue weighted by Gasteiger charge is -2.16. The number of aromatic hydroxyl groups is 2. The molecule has 124 valence electrons. The second-order valence-corrected chi connectivity index (χ2v) is 5.83. The van der Waals surface area contributed by atoms with Crippen LogP contribution in [0.4, 0.5) is 0 Å². The zero-order valence-electron chi connectivity index (χ0n) is 14.2. The molecule has 4 heteroatoms. The SMILES string of the molecule is COc1cc(-c2c(C)c(C)cc3cc(OC)c(O)cc23)ccc1O. The molecule has 0 bridgehead atoms. The average Bonchev–Trinajstić information content (AvgIpc) is 2.57. The summed E-state index contributed by atoms with van der Waals surface area (Å²) in [5.74, 6) is 1.06. The minimum atomic E-state index is 0.0975. The molecule has 3 rings (SSSR count). The van der Waals surface area contributed by atoms with E-state index in [0.717, 1.165) is 33.0 Å². The van der Waals surface area contributed by atoms with Gasteiger partial charge in [0.1, 0.15) is 0 Å². The molecule has 24 heavy (non-hydrogen) atoms. The number of benzene rings is 3. The lowest BCUT2D eigenvalue weighted by Crippen LogP contribution is -1.93. The van der Waals surface area contributed by atoms with Gasteiger partial charge < -0.3 is 19.7 Å². The maximum absolute atomic E-state index is 10.2. The summed E-state index contributed by atoms with van der Waals surface area (Å²) >= 11 is 0. The zero-order valence-corrected chi connectivity index (χ0v) is 14.2. The average molecular weight is 324 g/mol. The van der Waals surface area contributed by atoms with E-state index < -0.39 is 0 Å². The highest BCUT2D eigenvalue weighted by Crippen LogP contribution is 2.41. The van der Waals surface area contributed by atoms with E-state index >= 15 is 0 Å². The van der Waals surface area contributed by atoms with Crippen molar-refractivity contribution in [2.75, 3.05) is 14.2 Å². The van der Waals surface area contributed by atoms with Crippen LogP contribution in [0.2, 0.25) is 0 Å². The number of aryl methyl sites for hydroxylation is 1. The van der Waals surface area contributed by atoms with Gasteiger partial charge in [-0.2, -0.15) is 0 Å². The third-order valence-corrected chi connectivity index (χ3v) is 4.43. The summed E-state index contributed by atoms with van der Waals surface area (Å²) in [6.45, 7) is 4.10. The predicted molar refractivity (Wildman–Crippen MR) is 95.3 cm³/mol. The molecule has 2 N–H and O–H groups in total. The Labute approximate surface area is 140 Å². The van der Waals surface area contributed by atoms with Crippen LogP contribution in [0.15, 0.2) is 36.4 Å². The number of methoxy groups -OCH3 is 2. The molecule has 0 unspecified atom stereocenters. The van der Waals surface area contributed by atoms with Crippen molar-refractivity contribution >= 4 is 10.8 Å². The molecule has 3 aromatic rings. The number of rotatable bonds is 3. The van der Waals surface area contributed by atoms with Crippen molar-refractivity contribution in [3.05, 3.63) is 47.5 Å². The van der Waals surface area contributed by atoms with Crippen molar-refractivity contribution < 1.29 is 19.7 Å². The molecular weight excluding hydrogens is 304 g/mol. The number of fused-ring (bicyclic) bond motifs is 1. The molecule has 0 radical (unpaired) electrons. The fourth-order valence-electron chi connectivity index (χ4n) is 3.03. The van der Waals surface area contributed by atoms with Gasteiger partial charge in [0, 0.05) is 0 Å². The van der Waals surface area contributed by atoms with E-state index in [9.17, 15) is 10.2 Å². The van der Waals surface area contributed by atoms with E-state index in [0.29, 0.717) is 11.5 Å². The first-order chi connectivity index (χ1) is 11.5. The molecule has 0 spiro atoms. The minimum Gasteiger partial charge on any atom is -0.504 e. The highest BCUT2D eigenvalue weighted by molar-refractivity contribution is 6.01. The molecule has 0 aliphatic carbocycles. The van der Waals surface area contributed by atoms with Crippen LogP contribution in [-0.2, 0) is 0 Å². The van der Waals surface area contributed by atoms with E-state index in [2.05, 4.69) is 13.0 Å². The second-order valence-electron chi connectivity index (χ2n) is 5.83. The van der Waals surface area contributed by atoms with Crippen LogP contribution in [0.25, 0.3) is 21.9 Å². The molecule has 0 aliphatic heterocycles. The fraction of sp³-hybridized carbons (Fsp3) is 0.200. The van der Waals surface area contributed by atoms with Crippen molar-refractivity contribution in [1.82, 2.24) is 0 Å². The maximum atomic E-state index is 10.2. The van der Waals surface area contributed by atoms with Gasteiger partial charge in [0.25, 0.3) is 0 Å². The summed E-state index contributed by atoms with van der Waals surface area (Å²) in [5, 5.41) is 21.9. The van der Waals surface area contributed by atoms with Crippen LogP contribution in [0, 0.1) is 13.8 Å². The quantitative estimate of drug-likeness (QED) is 0.742. The van der Waals surface area contributed by atoms with E-state index in [4.69, 9.17) is 9.47 Å². The normalized spacial score (nSPS) is 10.8. The molecule has 0 atom stereocenters. The van der Waals surface area contributed by atoms with E-state index in [1.807, 2.05) is 19.1 Å². The van der Waals surface area contributed by atoms with Gasteiger partial charge in [0.15, 0.2) is 23.0 Å². The number of hydrogen-bond donors (Lipinski definition) is 2. The molecule has 0 amide bonds. The molecule has 3 aromatic carbocycles. The van der Waals surface area contributed by atoms with Gasteiger partial charge in [-0.1, -0.05) is 12.1 Å². The van der Waals surface area contributed by atoms with Crippen molar-refractivity contribution in [2.24, 2.45) is 0 Å². The zero-order chi connectivity index (χ0) is 17.4. The highest BCUT2D eigenvalue weighted by Gasteiger charge is 2.15. The molecule has 0 fully saturated rings. The van der Waals surface area contributed by atoms with Gasteiger partial charge in [0.05, 0.1) is 14.2 Å². The summed E-state index contributed by atoms with van der Waals surface area (Å²) in [7, 11) is 3.06. The smallest absolute Gasteiger partial charge is 0.161 e. The Balaban J connectivity index is 2.38. The summed E-state index contributed by atoms with van der Waals surface area (Å²) in [6.07, 6.45) is 0. The predicted octanol–water partition coefficient (Wildman–Crippen LogP) is 4.55. The molecular formula is C20H20O4. The molecule has 0 aliphatic rings. The molecule has 0 heterocycles. The summed E-state index contributed by atoms with van der Waals surface area (Å²) in [5.41, 5.74) is 4.17. The van der Waals surface area contributed by atoms with E-state index in [1.165, 1.54) is 14.2 Å². The van der Waals surface area contributed by atoms with E-state index in [1.54, 1.807) is 18.2 Å². The molecule has 4 nitrogen and oxygen atoms in total. The Morgan fingerprint density at radius 2 is 1.46 bits per heavy atom. The largest absolute Gasteiger partial charge is 0.504 e. The van der Waals surface area contributed by atoms with Crippen LogP contribution in [0.1, 0.15) is 11.1 Å². The number of phenolic OH excluding ortho intramolecular Hbond substituents is 2. The van der Waals surface area contributed by atoms with Gasteiger partial charge >= 0.3 is 0 Å². The lowest BCUT2D eigenvalue weighted by atomic mass is 9.90. The Bertz CT molecular complexity index is 929. The first-order valence-electron chi connectivity index (χ1n) is 7.64. The lowest BCUT2D eigenvalue weighted by molar-refractivity contribution is 0.373. The minimum absolute atomic E-state index is 0.0975. The Hall–Kier alpha value is -2.88. The number of ether oxygens (including phenoxy) is 2. The summed E-state index contributed by atoms with van der Waals surface area (Å²) < 4.78 is 10.4. The molecule has 0 aromatic heterocycles. The van der Waals surface area contributed by atoms with Gasteiger partial charge in [-0.3, -0.25) is 0 Å². The van der Waals surface area contributed by atoms with Gasteiger partial charge in [-0.15, -0.1) is 0 Å². The first kappa shape index (κ1) is 16.0. The number of phenols is 2. The van der Waals surface area contributed by atoms with Gasteiger partial charge in [-0.05, 0) is 71.1 Å². The van der Waals surface area contributed by atoms with Crippen molar-refractivity contribution in [3.63, 3.8) is 0 Å². The van der Waals surface area contributed by atoms with Crippen LogP contribution in [-0.4, -0.2) is 24.4 Å². The third kappa shape index (κ3) is 2.50. The van der Waals surface area contributed by atoms with Crippen molar-refractivity contribution in [1.29, 1.82) is 0 Å². The van der Waals surface area contributed by atoms with Gasteiger partial charge in [-0.25, -0.2) is 0 Å². The van der Waals surface area contributed by atoms with Crippen molar-refractivity contribution in [2.45, 2.75) is 13.8 Å². The Morgan fingerprint density at radius 1 is 0.792 bits per heavy atom. The molecule has 0 saturated heterocycles. The van der Waals surface area contributed by atoms with Crippen molar-refractivity contribution in [3.8, 4) is 34.1 Å². The van der Waals surface area contributed by atoms with Crippen LogP contribution in [0.3, 0.4) is 0 Å².